The van der Waals surface area contributed by atoms with Gasteiger partial charge in [0.2, 0.25) is 11.9 Å². The normalized spacial score (nSPS) is 19.1. The average Bonchev–Trinajstić information content (AvgIpc) is 4.04. The summed E-state index contributed by atoms with van der Waals surface area (Å²) in [6.07, 6.45) is -0.731. The molecule has 4 amide bonds. The van der Waals surface area contributed by atoms with Gasteiger partial charge in [-0.15, -0.1) is 0 Å². The summed E-state index contributed by atoms with van der Waals surface area (Å²) in [6, 6.07) is 19.8. The van der Waals surface area contributed by atoms with Gasteiger partial charge >= 0.3 is 24.4 Å². The van der Waals surface area contributed by atoms with E-state index in [0.717, 1.165) is 125 Å². The highest BCUT2D eigenvalue weighted by atomic mass is 19.4. The van der Waals surface area contributed by atoms with E-state index in [1.807, 2.05) is 24.3 Å². The highest BCUT2D eigenvalue weighted by Gasteiger charge is 2.42. The number of carbonyl (C=O) groups is 2. The number of urea groups is 2. The Morgan fingerprint density at radius 2 is 0.986 bits per heavy atom. The first-order chi connectivity index (χ1) is 35.7. The molecule has 4 saturated heterocycles. The van der Waals surface area contributed by atoms with E-state index in [9.17, 15) is 35.9 Å². The van der Waals surface area contributed by atoms with Crippen LogP contribution in [0.4, 0.5) is 82.5 Å². The number of carbonyl (C=O) groups excluding carboxylic acids is 2. The molecule has 2 atom stereocenters. The third-order valence-corrected chi connectivity index (χ3v) is 14.2. The summed E-state index contributed by atoms with van der Waals surface area (Å²) >= 11 is 0. The van der Waals surface area contributed by atoms with E-state index in [1.54, 1.807) is 46.5 Å². The maximum atomic E-state index is 13.6. The van der Waals surface area contributed by atoms with Crippen LogP contribution in [0.1, 0.15) is 43.2 Å². The molecule has 12 rings (SSSR count). The molecule has 0 aliphatic carbocycles. The fraction of sp³-hybridized carbons (Fsp3) is 0.373. The Hall–Kier alpha value is -7.82. The van der Waals surface area contributed by atoms with E-state index >= 15 is 0 Å². The highest BCUT2D eigenvalue weighted by molar-refractivity contribution is 6.05. The fourth-order valence-corrected chi connectivity index (χ4v) is 10.5. The Kier molecular flexibility index (Phi) is 13.0. The number of nitrogens with zero attached hydrogens (tertiary/aromatic N) is 12. The SMILES string of the molecule is O=C(Nc1nccc(N2CCCCC2)n1)N1c2nc(-c3cccc(C(F)(F)F)c3)ccc2N2CC[C@H]1C2.O=C(Nc1nccc(N2CCNCC2)n1)N1c2nc(-c3cccc(C(F)(F)F)c3)ccc2N2CC[C@H]1C2. The first-order valence-corrected chi connectivity index (χ1v) is 24.7. The number of halogens is 6. The van der Waals surface area contributed by atoms with Gasteiger partial charge in [0, 0.05) is 89.0 Å². The molecule has 23 heteroatoms. The van der Waals surface area contributed by atoms with Crippen molar-refractivity contribution in [2.24, 2.45) is 0 Å². The molecular weight excluding hydrogens is 969 g/mol. The van der Waals surface area contributed by atoms with Crippen LogP contribution in [0.25, 0.3) is 22.5 Å². The lowest BCUT2D eigenvalue weighted by atomic mass is 10.1. The number of piperidine rings is 1. The zero-order valence-corrected chi connectivity index (χ0v) is 39.9. The number of aromatic nitrogens is 6. The summed E-state index contributed by atoms with van der Waals surface area (Å²) in [7, 11) is 0. The number of nitrogens with one attached hydrogen (secondary N) is 3. The zero-order chi connectivity index (χ0) is 51.1. The van der Waals surface area contributed by atoms with Crippen molar-refractivity contribution < 1.29 is 35.9 Å². The summed E-state index contributed by atoms with van der Waals surface area (Å²) in [5.74, 6) is 2.76. The van der Waals surface area contributed by atoms with Crippen LogP contribution in [0.15, 0.2) is 97.3 Å². The molecule has 0 spiro atoms. The maximum Gasteiger partial charge on any atom is 0.416 e. The molecule has 3 N–H and O–H groups in total. The first kappa shape index (κ1) is 48.4. The van der Waals surface area contributed by atoms with Gasteiger partial charge in [0.15, 0.2) is 11.6 Å². The quantitative estimate of drug-likeness (QED) is 0.136. The lowest BCUT2D eigenvalue weighted by Gasteiger charge is -2.35. The number of alkyl halides is 6. The van der Waals surface area contributed by atoms with Crippen molar-refractivity contribution >= 4 is 58.6 Å². The van der Waals surface area contributed by atoms with Crippen molar-refractivity contribution in [2.75, 3.05) is 105 Å². The summed E-state index contributed by atoms with van der Waals surface area (Å²) in [4.78, 5) is 65.9. The minimum absolute atomic E-state index is 0.109. The van der Waals surface area contributed by atoms with Crippen LogP contribution in [-0.2, 0) is 12.4 Å². The van der Waals surface area contributed by atoms with E-state index < -0.39 is 35.5 Å². The summed E-state index contributed by atoms with van der Waals surface area (Å²) in [5.41, 5.74) is 1.47. The Balaban J connectivity index is 0.000000159. The Bertz CT molecular complexity index is 2860. The van der Waals surface area contributed by atoms with Crippen LogP contribution in [-0.4, -0.2) is 119 Å². The van der Waals surface area contributed by atoms with Crippen LogP contribution in [0, 0.1) is 0 Å². The van der Waals surface area contributed by atoms with Crippen molar-refractivity contribution in [1.82, 2.24) is 35.2 Å². The maximum absolute atomic E-state index is 13.6. The molecule has 4 fully saturated rings. The largest absolute Gasteiger partial charge is 0.416 e. The monoisotopic (exact) mass is 1020 g/mol. The molecule has 6 aliphatic rings. The second-order valence-corrected chi connectivity index (χ2v) is 18.9. The molecule has 17 nitrogen and oxygen atoms in total. The minimum Gasteiger partial charge on any atom is -0.366 e. The van der Waals surface area contributed by atoms with E-state index in [1.165, 1.54) is 18.6 Å². The average molecular weight is 1020 g/mol. The van der Waals surface area contributed by atoms with E-state index in [-0.39, 0.29) is 24.0 Å². The second-order valence-electron chi connectivity index (χ2n) is 18.9. The molecule has 2 aromatic carbocycles. The number of pyridine rings is 2. The van der Waals surface area contributed by atoms with Gasteiger partial charge in [-0.05, 0) is 92.8 Å². The Morgan fingerprint density at radius 3 is 1.45 bits per heavy atom. The topological polar surface area (TPSA) is 167 Å². The third kappa shape index (κ3) is 9.98. The lowest BCUT2D eigenvalue weighted by Crippen LogP contribution is -2.48. The number of rotatable bonds is 6. The van der Waals surface area contributed by atoms with Crippen LogP contribution in [0.2, 0.25) is 0 Å². The van der Waals surface area contributed by atoms with Gasteiger partial charge in [0.25, 0.3) is 0 Å². The predicted molar refractivity (Wildman–Crippen MR) is 269 cm³/mol. The van der Waals surface area contributed by atoms with Crippen molar-refractivity contribution in [2.45, 2.75) is 56.5 Å². The molecule has 10 heterocycles. The minimum atomic E-state index is -4.46. The second kappa shape index (κ2) is 19.9. The van der Waals surface area contributed by atoms with Crippen molar-refractivity contribution in [3.63, 3.8) is 0 Å². The lowest BCUT2D eigenvalue weighted by molar-refractivity contribution is -0.138. The summed E-state index contributed by atoms with van der Waals surface area (Å²) in [5, 5.41) is 8.95. The smallest absolute Gasteiger partial charge is 0.366 e. The number of amides is 4. The molecular formula is C51H51F6N15O2. The fourth-order valence-electron chi connectivity index (χ4n) is 10.5. The number of hydrogen-bond acceptors (Lipinski definition) is 13. The van der Waals surface area contributed by atoms with E-state index in [0.29, 0.717) is 47.2 Å². The third-order valence-electron chi connectivity index (χ3n) is 14.2. The molecule has 384 valence electrons. The van der Waals surface area contributed by atoms with Crippen LogP contribution in [0.5, 0.6) is 0 Å². The number of benzene rings is 2. The van der Waals surface area contributed by atoms with E-state index in [4.69, 9.17) is 0 Å². The molecule has 74 heavy (non-hydrogen) atoms. The van der Waals surface area contributed by atoms with Crippen molar-refractivity contribution in [3.05, 3.63) is 108 Å². The van der Waals surface area contributed by atoms with Crippen LogP contribution >= 0.6 is 0 Å². The Labute approximate surface area is 421 Å². The zero-order valence-electron chi connectivity index (χ0n) is 39.9. The molecule has 0 unspecified atom stereocenters. The number of anilines is 8. The molecule has 4 bridgehead atoms. The van der Waals surface area contributed by atoms with Crippen LogP contribution < -0.4 is 45.3 Å². The summed E-state index contributed by atoms with van der Waals surface area (Å²) in [6.45, 7) is 8.03. The van der Waals surface area contributed by atoms with Gasteiger partial charge in [0.05, 0.1) is 46.0 Å². The van der Waals surface area contributed by atoms with Crippen LogP contribution in [0.3, 0.4) is 0 Å². The highest BCUT2D eigenvalue weighted by Crippen LogP contribution is 2.43. The van der Waals surface area contributed by atoms with E-state index in [2.05, 4.69) is 65.5 Å². The Morgan fingerprint density at radius 1 is 0.527 bits per heavy atom. The number of fused-ring (bicyclic) bond motifs is 8. The van der Waals surface area contributed by atoms with Gasteiger partial charge in [0.1, 0.15) is 11.6 Å². The predicted octanol–water partition coefficient (Wildman–Crippen LogP) is 8.78. The molecule has 0 radical (unpaired) electrons. The van der Waals surface area contributed by atoms with Gasteiger partial charge < -0.3 is 24.9 Å². The summed E-state index contributed by atoms with van der Waals surface area (Å²) < 4.78 is 79.7. The van der Waals surface area contributed by atoms with Gasteiger partial charge in [-0.3, -0.25) is 20.4 Å². The molecule has 6 aromatic rings. The number of hydrogen-bond donors (Lipinski definition) is 3. The molecule has 4 aromatic heterocycles. The van der Waals surface area contributed by atoms with Crippen molar-refractivity contribution in [1.29, 1.82) is 0 Å². The van der Waals surface area contributed by atoms with Crippen molar-refractivity contribution in [3.8, 4) is 22.5 Å². The molecule has 6 aliphatic heterocycles. The van der Waals surface area contributed by atoms with Gasteiger partial charge in [-0.2, -0.15) is 36.3 Å². The standard InChI is InChI=1S/C26H26F3N7O.C25H25F3N8O/c27-26(28,29)18-6-4-5-17(15-18)20-7-8-21-23(31-20)36(19-10-14-35(21)16-19)25(37)33-24-30-11-9-22(32-24)34-12-2-1-3-13-34;26-25(27,28)17-3-1-2-16(14-17)19-4-5-20-22(31-19)36(18-7-11-35(20)15-18)24(37)33-23-30-8-6-21(32-23)34-12-9-29-10-13-34/h4-9,11,15,19H,1-3,10,12-14,16H2,(H,30,32,33,37);1-6,8,14,18,29H,7,9-13,15H2,(H,30,32,33,37)/t19-;18-/m00/s1. The number of piperazine rings is 1. The molecule has 0 saturated carbocycles. The van der Waals surface area contributed by atoms with Gasteiger partial charge in [-0.1, -0.05) is 24.3 Å². The van der Waals surface area contributed by atoms with Gasteiger partial charge in [-0.25, -0.2) is 29.5 Å². The first-order valence-electron chi connectivity index (χ1n) is 24.7.